The van der Waals surface area contributed by atoms with Crippen LogP contribution in [0.4, 0.5) is 4.79 Å². The van der Waals surface area contributed by atoms with E-state index < -0.39 is 0 Å². The van der Waals surface area contributed by atoms with Crippen LogP contribution >= 0.6 is 0 Å². The molecule has 4 heteroatoms. The van der Waals surface area contributed by atoms with Gasteiger partial charge in [0.1, 0.15) is 0 Å². The lowest BCUT2D eigenvalue weighted by Crippen LogP contribution is -2.34. The minimum absolute atomic E-state index is 0.181. The molecule has 4 nitrogen and oxygen atoms in total. The van der Waals surface area contributed by atoms with Crippen LogP contribution in [0.2, 0.25) is 0 Å². The van der Waals surface area contributed by atoms with Gasteiger partial charge in [-0.1, -0.05) is 36.4 Å². The highest BCUT2D eigenvalue weighted by molar-refractivity contribution is 5.75. The summed E-state index contributed by atoms with van der Waals surface area (Å²) in [6.07, 6.45) is 0. The van der Waals surface area contributed by atoms with Gasteiger partial charge in [-0.25, -0.2) is 10.6 Å². The molecule has 0 unspecified atom stereocenters. The molecule has 2 amide bonds. The summed E-state index contributed by atoms with van der Waals surface area (Å²) in [6.45, 7) is 1.30. The van der Waals surface area contributed by atoms with Crippen molar-refractivity contribution in [2.45, 2.75) is 0 Å². The van der Waals surface area contributed by atoms with Crippen molar-refractivity contribution in [3.8, 4) is 0 Å². The van der Waals surface area contributed by atoms with Crippen LogP contribution in [-0.4, -0.2) is 24.1 Å². The van der Waals surface area contributed by atoms with Gasteiger partial charge < -0.3 is 5.32 Å². The summed E-state index contributed by atoms with van der Waals surface area (Å²) in [6, 6.07) is 11.8. The van der Waals surface area contributed by atoms with Crippen LogP contribution in [-0.2, 0) is 0 Å². The smallest absolute Gasteiger partial charge is 0.331 e. The van der Waals surface area contributed by atoms with E-state index in [1.807, 2.05) is 36.4 Å². The molecule has 1 aliphatic rings. The van der Waals surface area contributed by atoms with Crippen LogP contribution in [0, 0.1) is 0 Å². The molecule has 1 heterocycles. The van der Waals surface area contributed by atoms with Crippen molar-refractivity contribution in [2.24, 2.45) is 5.84 Å². The minimum atomic E-state index is -0.181. The number of nitrogens with two attached hydrogens (primary N) is 1. The largest absolute Gasteiger partial charge is 0.335 e. The third kappa shape index (κ3) is 3.57. The van der Waals surface area contributed by atoms with E-state index >= 15 is 0 Å². The Hall–Kier alpha value is -1.55. The number of rotatable bonds is 0. The number of amides is 2. The monoisotopic (exact) mass is 179 g/mol. The van der Waals surface area contributed by atoms with Gasteiger partial charge in [0.25, 0.3) is 0 Å². The van der Waals surface area contributed by atoms with Crippen molar-refractivity contribution in [3.05, 3.63) is 36.4 Å². The molecular weight excluding hydrogens is 166 g/mol. The van der Waals surface area contributed by atoms with E-state index in [9.17, 15) is 4.79 Å². The topological polar surface area (TPSA) is 58.4 Å². The zero-order valence-electron chi connectivity index (χ0n) is 7.31. The summed E-state index contributed by atoms with van der Waals surface area (Å²) >= 11 is 0. The number of urea groups is 1. The van der Waals surface area contributed by atoms with Crippen molar-refractivity contribution in [1.29, 1.82) is 0 Å². The molecule has 0 atom stereocenters. The van der Waals surface area contributed by atoms with Gasteiger partial charge in [-0.3, -0.25) is 5.01 Å². The van der Waals surface area contributed by atoms with E-state index in [4.69, 9.17) is 5.84 Å². The van der Waals surface area contributed by atoms with Gasteiger partial charge in [-0.05, 0) is 0 Å². The predicted molar refractivity (Wildman–Crippen MR) is 50.7 cm³/mol. The molecular formula is C9H13N3O. The molecule has 0 saturated carbocycles. The van der Waals surface area contributed by atoms with Gasteiger partial charge in [0, 0.05) is 6.54 Å². The molecule has 0 aromatic heterocycles. The Morgan fingerprint density at radius 2 is 1.62 bits per heavy atom. The quantitative estimate of drug-likeness (QED) is 0.452. The fourth-order valence-electron chi connectivity index (χ4n) is 0.871. The summed E-state index contributed by atoms with van der Waals surface area (Å²) in [4.78, 5) is 10.3. The SMILES string of the molecule is NN1CCNC1=O.c1ccccc1. The van der Waals surface area contributed by atoms with Gasteiger partial charge in [-0.2, -0.15) is 0 Å². The Bertz CT molecular complexity index is 224. The first-order valence-corrected chi connectivity index (χ1v) is 4.11. The molecule has 0 spiro atoms. The Morgan fingerprint density at radius 3 is 1.77 bits per heavy atom. The number of carbonyl (C=O) groups excluding carboxylic acids is 1. The second-order valence-electron chi connectivity index (χ2n) is 2.58. The maximum Gasteiger partial charge on any atom is 0.331 e. The second-order valence-corrected chi connectivity index (χ2v) is 2.58. The summed E-state index contributed by atoms with van der Waals surface area (Å²) in [5.41, 5.74) is 0. The second kappa shape index (κ2) is 5.16. The van der Waals surface area contributed by atoms with Gasteiger partial charge in [0.15, 0.2) is 0 Å². The fourth-order valence-corrected chi connectivity index (χ4v) is 0.871. The van der Waals surface area contributed by atoms with Gasteiger partial charge in [-0.15, -0.1) is 0 Å². The van der Waals surface area contributed by atoms with E-state index in [0.29, 0.717) is 13.1 Å². The lowest BCUT2D eigenvalue weighted by Gasteiger charge is -2.01. The highest BCUT2D eigenvalue weighted by Gasteiger charge is 2.13. The van der Waals surface area contributed by atoms with Crippen molar-refractivity contribution in [3.63, 3.8) is 0 Å². The fraction of sp³-hybridized carbons (Fsp3) is 0.222. The first-order chi connectivity index (χ1) is 6.30. The maximum atomic E-state index is 10.3. The van der Waals surface area contributed by atoms with E-state index in [0.717, 1.165) is 5.01 Å². The minimum Gasteiger partial charge on any atom is -0.335 e. The van der Waals surface area contributed by atoms with Gasteiger partial charge >= 0.3 is 6.03 Å². The molecule has 1 saturated heterocycles. The lowest BCUT2D eigenvalue weighted by atomic mass is 10.4. The van der Waals surface area contributed by atoms with Crippen LogP contribution in [0.25, 0.3) is 0 Å². The molecule has 0 radical (unpaired) electrons. The average molecular weight is 179 g/mol. The van der Waals surface area contributed by atoms with Crippen LogP contribution in [0.5, 0.6) is 0 Å². The zero-order chi connectivity index (χ0) is 9.52. The van der Waals surface area contributed by atoms with Crippen molar-refractivity contribution in [1.82, 2.24) is 10.3 Å². The number of nitrogens with one attached hydrogen (secondary N) is 1. The standard InChI is InChI=1S/C6H6.C3H7N3O/c1-2-4-6-5-3-1;4-6-2-1-5-3(6)7/h1-6H;1-2,4H2,(H,5,7). The van der Waals surface area contributed by atoms with E-state index in [1.54, 1.807) is 0 Å². The molecule has 0 bridgehead atoms. The van der Waals surface area contributed by atoms with Crippen molar-refractivity contribution < 1.29 is 4.79 Å². The zero-order valence-corrected chi connectivity index (χ0v) is 7.31. The summed E-state index contributed by atoms with van der Waals surface area (Å²) in [7, 11) is 0. The van der Waals surface area contributed by atoms with Gasteiger partial charge in [0.2, 0.25) is 0 Å². The Morgan fingerprint density at radius 1 is 1.15 bits per heavy atom. The van der Waals surface area contributed by atoms with Crippen LogP contribution in [0.3, 0.4) is 0 Å². The molecule has 1 aliphatic heterocycles. The summed E-state index contributed by atoms with van der Waals surface area (Å²) in [5.74, 6) is 5.10. The first-order valence-electron chi connectivity index (χ1n) is 4.11. The van der Waals surface area contributed by atoms with Crippen molar-refractivity contribution >= 4 is 6.03 Å². The lowest BCUT2D eigenvalue weighted by molar-refractivity contribution is 0.218. The molecule has 1 aromatic rings. The number of hydrazine groups is 1. The maximum absolute atomic E-state index is 10.3. The first kappa shape index (κ1) is 9.54. The van der Waals surface area contributed by atoms with Crippen LogP contribution < -0.4 is 11.2 Å². The summed E-state index contributed by atoms with van der Waals surface area (Å²) < 4.78 is 0. The van der Waals surface area contributed by atoms with E-state index in [2.05, 4.69) is 5.32 Å². The molecule has 1 aromatic carbocycles. The number of nitrogens with zero attached hydrogens (tertiary/aromatic N) is 1. The Kier molecular flexibility index (Phi) is 3.78. The number of carbonyl (C=O) groups is 1. The van der Waals surface area contributed by atoms with E-state index in [1.165, 1.54) is 0 Å². The predicted octanol–water partition coefficient (Wildman–Crippen LogP) is 0.572. The highest BCUT2D eigenvalue weighted by atomic mass is 16.2. The van der Waals surface area contributed by atoms with Crippen LogP contribution in [0.1, 0.15) is 0 Å². The number of hydrogen-bond donors (Lipinski definition) is 2. The van der Waals surface area contributed by atoms with E-state index in [-0.39, 0.29) is 6.03 Å². The molecule has 70 valence electrons. The molecule has 1 fully saturated rings. The van der Waals surface area contributed by atoms with Crippen molar-refractivity contribution in [2.75, 3.05) is 13.1 Å². The molecule has 3 N–H and O–H groups in total. The highest BCUT2D eigenvalue weighted by Crippen LogP contribution is 1.84. The Labute approximate surface area is 77.3 Å². The molecule has 0 aliphatic carbocycles. The molecule has 13 heavy (non-hydrogen) atoms. The normalized spacial score (nSPS) is 14.5. The third-order valence-corrected chi connectivity index (χ3v) is 1.56. The summed E-state index contributed by atoms with van der Waals surface area (Å²) in [5, 5.41) is 3.68. The number of benzene rings is 1. The molecule has 2 rings (SSSR count). The Balaban J connectivity index is 0.000000132. The van der Waals surface area contributed by atoms with Gasteiger partial charge in [0.05, 0.1) is 6.54 Å². The van der Waals surface area contributed by atoms with Crippen LogP contribution in [0.15, 0.2) is 36.4 Å². The number of hydrogen-bond acceptors (Lipinski definition) is 2. The average Bonchev–Trinajstić information content (AvgIpc) is 2.55. The third-order valence-electron chi connectivity index (χ3n) is 1.56.